The molecule has 6 nitrogen and oxygen atoms in total. The molecule has 0 spiro atoms. The van der Waals surface area contributed by atoms with Crippen LogP contribution in [0.5, 0.6) is 0 Å². The van der Waals surface area contributed by atoms with E-state index in [4.69, 9.17) is 16.6 Å². The van der Waals surface area contributed by atoms with E-state index >= 15 is 0 Å². The van der Waals surface area contributed by atoms with E-state index in [1.807, 2.05) is 18.2 Å². The van der Waals surface area contributed by atoms with Crippen molar-refractivity contribution < 1.29 is 13.2 Å². The summed E-state index contributed by atoms with van der Waals surface area (Å²) in [6, 6.07) is 8.85. The normalized spacial score (nSPS) is 21.5. The molecule has 0 unspecified atom stereocenters. The molecule has 2 fully saturated rings. The highest BCUT2D eigenvalue weighted by Crippen LogP contribution is 2.37. The molecule has 1 aromatic carbocycles. The van der Waals surface area contributed by atoms with Gasteiger partial charge in [0.25, 0.3) is 5.91 Å². The van der Waals surface area contributed by atoms with E-state index in [1.165, 1.54) is 12.3 Å². The topological polar surface area (TPSA) is 89.0 Å². The van der Waals surface area contributed by atoms with E-state index < -0.39 is 9.84 Å². The van der Waals surface area contributed by atoms with Gasteiger partial charge in [-0.25, -0.2) is 18.4 Å². The van der Waals surface area contributed by atoms with Crippen LogP contribution >= 0.6 is 22.9 Å². The van der Waals surface area contributed by atoms with Gasteiger partial charge >= 0.3 is 0 Å². The van der Waals surface area contributed by atoms with Gasteiger partial charge < -0.3 is 5.32 Å². The van der Waals surface area contributed by atoms with Gasteiger partial charge in [0.05, 0.1) is 21.0 Å². The number of amides is 1. The van der Waals surface area contributed by atoms with Crippen LogP contribution in [0.1, 0.15) is 59.8 Å². The molecule has 0 saturated heterocycles. The Morgan fingerprint density at radius 1 is 1.09 bits per heavy atom. The average Bonchev–Trinajstić information content (AvgIpc) is 3.48. The lowest BCUT2D eigenvalue weighted by Gasteiger charge is -2.28. The van der Waals surface area contributed by atoms with Crippen LogP contribution in [0.3, 0.4) is 0 Å². The summed E-state index contributed by atoms with van der Waals surface area (Å²) in [5.74, 6) is 0.502. The van der Waals surface area contributed by atoms with Gasteiger partial charge in [0.2, 0.25) is 0 Å². The number of nitrogens with one attached hydrogen (secondary N) is 1. The number of hydrogen-bond acceptors (Lipinski definition) is 6. The number of hydrogen-bond donors (Lipinski definition) is 1. The summed E-state index contributed by atoms with van der Waals surface area (Å²) in [6.45, 7) is 0. The fourth-order valence-corrected chi connectivity index (χ4v) is 7.18. The van der Waals surface area contributed by atoms with Crippen molar-refractivity contribution in [1.82, 2.24) is 15.3 Å². The van der Waals surface area contributed by atoms with Gasteiger partial charge in [0.15, 0.2) is 14.9 Å². The van der Waals surface area contributed by atoms with E-state index in [1.54, 1.807) is 17.4 Å². The maximum absolute atomic E-state index is 12.8. The number of nitrogens with zero attached hydrogens (tertiary/aromatic N) is 2. The number of halogens is 1. The molecule has 1 N–H and O–H groups in total. The molecule has 2 aliphatic carbocycles. The van der Waals surface area contributed by atoms with Gasteiger partial charge in [0.1, 0.15) is 0 Å². The van der Waals surface area contributed by atoms with Crippen LogP contribution in [0.4, 0.5) is 0 Å². The largest absolute Gasteiger partial charge is 0.349 e. The van der Waals surface area contributed by atoms with Crippen molar-refractivity contribution in [2.45, 2.75) is 55.5 Å². The first-order valence-electron chi connectivity index (χ1n) is 10.9. The molecule has 9 heteroatoms. The summed E-state index contributed by atoms with van der Waals surface area (Å²) in [6.07, 6.45) is 6.95. The molecule has 2 heterocycles. The van der Waals surface area contributed by atoms with Crippen molar-refractivity contribution in [3.8, 4) is 0 Å². The maximum atomic E-state index is 12.8. The fourth-order valence-electron chi connectivity index (χ4n) is 4.25. The van der Waals surface area contributed by atoms with Gasteiger partial charge in [-0.2, -0.15) is 0 Å². The summed E-state index contributed by atoms with van der Waals surface area (Å²) in [5.41, 5.74) is 1.29. The Labute approximate surface area is 196 Å². The fraction of sp³-hybridized carbons (Fsp3) is 0.435. The molecule has 2 aliphatic rings. The van der Waals surface area contributed by atoms with Crippen molar-refractivity contribution in [3.63, 3.8) is 0 Å². The second-order valence-electron chi connectivity index (χ2n) is 8.79. The Hall–Kier alpha value is -2.03. The third-order valence-corrected chi connectivity index (χ3v) is 9.45. The predicted octanol–water partition coefficient (Wildman–Crippen LogP) is 4.98. The van der Waals surface area contributed by atoms with Crippen LogP contribution in [0.25, 0.3) is 10.2 Å². The van der Waals surface area contributed by atoms with Crippen molar-refractivity contribution in [2.24, 2.45) is 5.92 Å². The van der Waals surface area contributed by atoms with Crippen LogP contribution in [0.2, 0.25) is 5.02 Å². The number of thiazole rings is 1. The molecule has 2 saturated carbocycles. The third-order valence-electron chi connectivity index (χ3n) is 6.25. The Balaban J connectivity index is 1.20. The highest BCUT2D eigenvalue weighted by molar-refractivity contribution is 7.91. The average molecular weight is 490 g/mol. The molecule has 1 amide bonds. The lowest BCUT2D eigenvalue weighted by Crippen LogP contribution is -2.37. The van der Waals surface area contributed by atoms with E-state index in [-0.39, 0.29) is 28.6 Å². The third kappa shape index (κ3) is 4.82. The lowest BCUT2D eigenvalue weighted by molar-refractivity contribution is 0.0925. The number of fused-ring (bicyclic) bond motifs is 1. The highest BCUT2D eigenvalue weighted by Gasteiger charge is 2.30. The molecule has 0 bridgehead atoms. The Kier molecular flexibility index (Phi) is 5.94. The zero-order valence-electron chi connectivity index (χ0n) is 17.5. The summed E-state index contributed by atoms with van der Waals surface area (Å²) < 4.78 is 26.1. The van der Waals surface area contributed by atoms with Gasteiger partial charge in [0, 0.05) is 28.7 Å². The number of benzene rings is 1. The maximum Gasteiger partial charge on any atom is 0.251 e. The Bertz CT molecular complexity index is 1260. The van der Waals surface area contributed by atoms with Crippen LogP contribution < -0.4 is 5.32 Å². The molecule has 2 aromatic heterocycles. The number of aromatic nitrogens is 2. The number of pyridine rings is 1. The first kappa shape index (κ1) is 21.8. The summed E-state index contributed by atoms with van der Waals surface area (Å²) in [4.78, 5) is 21.5. The molecule has 0 atom stereocenters. The summed E-state index contributed by atoms with van der Waals surface area (Å²) in [5, 5.41) is 4.90. The highest BCUT2D eigenvalue weighted by atomic mass is 35.5. The van der Waals surface area contributed by atoms with Crippen molar-refractivity contribution >= 4 is 48.9 Å². The van der Waals surface area contributed by atoms with Crippen molar-refractivity contribution in [3.05, 3.63) is 52.1 Å². The zero-order chi connectivity index (χ0) is 22.3. The Morgan fingerprint density at radius 3 is 2.62 bits per heavy atom. The molecular formula is C23H24ClN3O3S2. The van der Waals surface area contributed by atoms with Crippen molar-refractivity contribution in [1.29, 1.82) is 0 Å². The van der Waals surface area contributed by atoms with E-state index in [0.717, 1.165) is 53.7 Å². The smallest absolute Gasteiger partial charge is 0.251 e. The second-order valence-corrected chi connectivity index (χ2v) is 12.3. The van der Waals surface area contributed by atoms with Crippen LogP contribution in [0.15, 0.2) is 41.6 Å². The van der Waals surface area contributed by atoms with Gasteiger partial charge in [-0.3, -0.25) is 4.79 Å². The van der Waals surface area contributed by atoms with E-state index in [0.29, 0.717) is 16.5 Å². The minimum Gasteiger partial charge on any atom is -0.349 e. The number of carbonyl (C=O) groups is 1. The van der Waals surface area contributed by atoms with E-state index in [9.17, 15) is 13.2 Å². The molecule has 5 rings (SSSR count). The minimum atomic E-state index is -3.44. The molecule has 3 aromatic rings. The quantitative estimate of drug-likeness (QED) is 0.527. The lowest BCUT2D eigenvalue weighted by atomic mass is 9.86. The van der Waals surface area contributed by atoms with Crippen LogP contribution in [-0.4, -0.2) is 36.1 Å². The Morgan fingerprint density at radius 2 is 1.88 bits per heavy atom. The summed E-state index contributed by atoms with van der Waals surface area (Å²) >= 11 is 7.79. The molecule has 32 heavy (non-hydrogen) atoms. The molecule has 0 aliphatic heterocycles. The van der Waals surface area contributed by atoms with Gasteiger partial charge in [-0.15, -0.1) is 11.3 Å². The summed E-state index contributed by atoms with van der Waals surface area (Å²) in [7, 11) is -3.44. The second kappa shape index (κ2) is 8.72. The zero-order valence-corrected chi connectivity index (χ0v) is 19.8. The predicted molar refractivity (Wildman–Crippen MR) is 126 cm³/mol. The SMILES string of the molecule is O=C(NC1CCC(c2nc3cc(Cl)ccc3s2)CC1)c1ccnc(S(=O)(=O)CC2CC2)c1. The number of rotatable bonds is 6. The van der Waals surface area contributed by atoms with Crippen LogP contribution in [-0.2, 0) is 9.84 Å². The number of sulfone groups is 1. The molecule has 168 valence electrons. The monoisotopic (exact) mass is 489 g/mol. The molecular weight excluding hydrogens is 466 g/mol. The first-order chi connectivity index (χ1) is 15.4. The van der Waals surface area contributed by atoms with E-state index in [2.05, 4.69) is 10.3 Å². The van der Waals surface area contributed by atoms with Gasteiger partial charge in [-0.1, -0.05) is 11.6 Å². The van der Waals surface area contributed by atoms with Crippen LogP contribution in [0, 0.1) is 5.92 Å². The minimum absolute atomic E-state index is 0.00306. The first-order valence-corrected chi connectivity index (χ1v) is 13.8. The standard InChI is InChI=1S/C23H24ClN3O3S2/c24-17-5-8-20-19(12-17)27-23(31-20)15-3-6-18(7-4-15)26-22(28)16-9-10-25-21(11-16)32(29,30)13-14-1-2-14/h5,8-12,14-15,18H,1-4,6-7,13H2,(H,26,28). The molecule has 0 radical (unpaired) electrons. The van der Waals surface area contributed by atoms with Crippen molar-refractivity contribution in [2.75, 3.05) is 5.75 Å². The number of carbonyl (C=O) groups excluding carboxylic acids is 1. The van der Waals surface area contributed by atoms with Gasteiger partial charge in [-0.05, 0) is 74.8 Å².